The summed E-state index contributed by atoms with van der Waals surface area (Å²) in [7, 11) is 0. The van der Waals surface area contributed by atoms with E-state index < -0.39 is 24.5 Å². The van der Waals surface area contributed by atoms with Crippen LogP contribution in [0.15, 0.2) is 97.2 Å². The van der Waals surface area contributed by atoms with Gasteiger partial charge in [0.05, 0.1) is 5.92 Å². The van der Waals surface area contributed by atoms with Crippen molar-refractivity contribution in [1.82, 2.24) is 10.3 Å². The van der Waals surface area contributed by atoms with E-state index in [-0.39, 0.29) is 22.9 Å². The number of nitrogen functional groups attached to an aromatic ring is 2. The number of anilines is 2. The molecule has 1 heterocycles. The van der Waals surface area contributed by atoms with Crippen LogP contribution in [0.25, 0.3) is 33.4 Å². The van der Waals surface area contributed by atoms with Crippen molar-refractivity contribution in [2.45, 2.75) is 31.9 Å². The van der Waals surface area contributed by atoms with Gasteiger partial charge in [-0.05, 0) is 57.5 Å². The van der Waals surface area contributed by atoms with Crippen LogP contribution >= 0.6 is 0 Å². The first-order valence-corrected chi connectivity index (χ1v) is 14.9. The van der Waals surface area contributed by atoms with E-state index in [0.29, 0.717) is 62.9 Å². The minimum Gasteiger partial charge on any atom is -0.398 e. The number of aromatic nitrogens is 1. The van der Waals surface area contributed by atoms with Gasteiger partial charge in [0.25, 0.3) is 0 Å². The van der Waals surface area contributed by atoms with Gasteiger partial charge in [0.15, 0.2) is 5.78 Å². The summed E-state index contributed by atoms with van der Waals surface area (Å²) < 4.78 is 39.8. The number of carbonyl (C=O) groups excluding carboxylic acids is 2. The van der Waals surface area contributed by atoms with Crippen molar-refractivity contribution in [3.05, 3.63) is 125 Å². The van der Waals surface area contributed by atoms with Gasteiger partial charge >= 0.3 is 6.18 Å². The monoisotopic (exact) mass is 620 g/mol. The molecule has 0 saturated heterocycles. The minimum absolute atomic E-state index is 0.251. The highest BCUT2D eigenvalue weighted by atomic mass is 19.4. The molecule has 0 saturated carbocycles. The third kappa shape index (κ3) is 5.49. The van der Waals surface area contributed by atoms with Crippen LogP contribution in [0.1, 0.15) is 51.9 Å². The fraction of sp³-hybridized carbons (Fsp3) is 0.162. The van der Waals surface area contributed by atoms with Crippen molar-refractivity contribution in [2.24, 2.45) is 0 Å². The quantitative estimate of drug-likeness (QED) is 0.123. The molecule has 1 unspecified atom stereocenters. The highest BCUT2D eigenvalue weighted by molar-refractivity contribution is 6.22. The molecule has 6 rings (SSSR count). The van der Waals surface area contributed by atoms with Crippen LogP contribution in [0.4, 0.5) is 24.7 Å². The van der Waals surface area contributed by atoms with Crippen LogP contribution in [-0.2, 0) is 11.2 Å². The molecule has 0 spiro atoms. The van der Waals surface area contributed by atoms with E-state index >= 15 is 4.79 Å². The van der Waals surface area contributed by atoms with E-state index in [0.717, 1.165) is 5.56 Å². The molecule has 5 N–H and O–H groups in total. The van der Waals surface area contributed by atoms with Crippen LogP contribution in [0.3, 0.4) is 0 Å². The number of benzene rings is 4. The first-order chi connectivity index (χ1) is 22.1. The molecule has 6 nitrogen and oxygen atoms in total. The molecular formula is C37H31F3N4O2. The van der Waals surface area contributed by atoms with Crippen molar-refractivity contribution in [1.29, 1.82) is 0 Å². The Kier molecular flexibility index (Phi) is 8.08. The number of nitrogens with zero attached hydrogens (tertiary/aromatic N) is 1. The average molecular weight is 621 g/mol. The molecule has 1 amide bonds. The number of hydrogen-bond donors (Lipinski definition) is 3. The molecule has 1 aliphatic carbocycles. The minimum atomic E-state index is -4.60. The number of amides is 1. The molecule has 5 aromatic rings. The second-order valence-electron chi connectivity index (χ2n) is 11.2. The van der Waals surface area contributed by atoms with Gasteiger partial charge in [0.2, 0.25) is 5.91 Å². The van der Waals surface area contributed by atoms with Crippen molar-refractivity contribution in [3.63, 3.8) is 0 Å². The predicted molar refractivity (Wildman–Crippen MR) is 174 cm³/mol. The Morgan fingerprint density at radius 3 is 2.17 bits per heavy atom. The molecule has 46 heavy (non-hydrogen) atoms. The molecule has 1 aromatic heterocycles. The number of fused-ring (bicyclic) bond motifs is 3. The maximum Gasteiger partial charge on any atom is 0.405 e. The lowest BCUT2D eigenvalue weighted by Crippen LogP contribution is -2.37. The fourth-order valence-electron chi connectivity index (χ4n) is 6.42. The van der Waals surface area contributed by atoms with Gasteiger partial charge in [-0.1, -0.05) is 92.2 Å². The maximum absolute atomic E-state index is 15.1. The predicted octanol–water partition coefficient (Wildman–Crippen LogP) is 7.55. The van der Waals surface area contributed by atoms with Crippen LogP contribution < -0.4 is 16.8 Å². The third-order valence-corrected chi connectivity index (χ3v) is 8.30. The summed E-state index contributed by atoms with van der Waals surface area (Å²) in [4.78, 5) is 33.1. The van der Waals surface area contributed by atoms with Gasteiger partial charge in [0.1, 0.15) is 12.4 Å². The fourth-order valence-corrected chi connectivity index (χ4v) is 6.42. The number of nitrogens with one attached hydrogen (secondary N) is 1. The van der Waals surface area contributed by atoms with Crippen molar-refractivity contribution in [2.75, 3.05) is 18.0 Å². The molecule has 0 radical (unpaired) electrons. The zero-order valence-electron chi connectivity index (χ0n) is 25.0. The van der Waals surface area contributed by atoms with Crippen molar-refractivity contribution in [3.8, 4) is 33.4 Å². The van der Waals surface area contributed by atoms with Crippen LogP contribution in [0.5, 0.6) is 0 Å². The summed E-state index contributed by atoms with van der Waals surface area (Å²) in [5.74, 6) is -1.98. The van der Waals surface area contributed by atoms with Crippen LogP contribution in [0.2, 0.25) is 0 Å². The van der Waals surface area contributed by atoms with Gasteiger partial charge in [-0.15, -0.1) is 0 Å². The first kappa shape index (κ1) is 30.6. The zero-order valence-corrected chi connectivity index (χ0v) is 25.0. The Bertz CT molecular complexity index is 1960. The molecule has 0 aliphatic heterocycles. The average Bonchev–Trinajstić information content (AvgIpc) is 3.40. The molecule has 9 heteroatoms. The number of carbonyl (C=O) groups is 2. The van der Waals surface area contributed by atoms with E-state index in [1.807, 2.05) is 49.4 Å². The van der Waals surface area contributed by atoms with Gasteiger partial charge in [-0.2, -0.15) is 13.2 Å². The largest absolute Gasteiger partial charge is 0.405 e. The lowest BCUT2D eigenvalue weighted by molar-refractivity contribution is -0.138. The summed E-state index contributed by atoms with van der Waals surface area (Å²) in [6.07, 6.45) is -1.99. The lowest BCUT2D eigenvalue weighted by atomic mass is 9.80. The van der Waals surface area contributed by atoms with Crippen molar-refractivity contribution >= 4 is 23.2 Å². The van der Waals surface area contributed by atoms with E-state index in [9.17, 15) is 18.0 Å². The Labute approximate surface area is 264 Å². The van der Waals surface area contributed by atoms with E-state index in [4.69, 9.17) is 11.5 Å². The number of halogens is 3. The van der Waals surface area contributed by atoms with E-state index in [2.05, 4.69) is 10.3 Å². The number of rotatable bonds is 8. The number of pyridine rings is 1. The van der Waals surface area contributed by atoms with Crippen molar-refractivity contribution < 1.29 is 22.8 Å². The number of nitrogens with two attached hydrogens (primary N) is 2. The van der Waals surface area contributed by atoms with Gasteiger partial charge < -0.3 is 16.8 Å². The topological polar surface area (TPSA) is 111 Å². The zero-order chi connectivity index (χ0) is 32.6. The molecule has 1 atom stereocenters. The lowest BCUT2D eigenvalue weighted by Gasteiger charge is -2.24. The SMILES string of the molecule is CCCc1c(N)c(-c2ccc(N)nc2)c(C(=O)c2ccccc2-c2ccccc2)c2c1C(C(=O)NCC(F)(F)F)c1ccccc1-2. The first-order valence-electron chi connectivity index (χ1n) is 14.9. The summed E-state index contributed by atoms with van der Waals surface area (Å²) in [5, 5.41) is 2.09. The smallest absolute Gasteiger partial charge is 0.398 e. The second kappa shape index (κ2) is 12.2. The third-order valence-electron chi connectivity index (χ3n) is 8.30. The number of alkyl halides is 3. The second-order valence-corrected chi connectivity index (χ2v) is 11.2. The highest BCUT2D eigenvalue weighted by Gasteiger charge is 2.42. The molecule has 4 aromatic carbocycles. The van der Waals surface area contributed by atoms with Gasteiger partial charge in [-0.3, -0.25) is 9.59 Å². The van der Waals surface area contributed by atoms with Gasteiger partial charge in [0, 0.05) is 34.1 Å². The van der Waals surface area contributed by atoms with Crippen LogP contribution in [0, 0.1) is 0 Å². The standard InChI is InChI=1S/C37H31F3N4O2/c1-2-10-27-31-30(24-14-7-8-15-25(24)32(31)36(46)44-20-37(38,39)40)33(29(34(27)42)22-17-18-28(41)43-19-22)35(45)26-16-9-6-13-23(26)21-11-4-3-5-12-21/h3-9,11-19,32H,2,10,20,42H2,1H3,(H2,41,43)(H,44,46). The van der Waals surface area contributed by atoms with Gasteiger partial charge in [-0.25, -0.2) is 4.98 Å². The Balaban J connectivity index is 1.70. The Hall–Kier alpha value is -5.44. The molecule has 0 fully saturated rings. The number of ketones is 1. The molecule has 1 aliphatic rings. The van der Waals surface area contributed by atoms with Crippen LogP contribution in [-0.4, -0.2) is 29.4 Å². The molecule has 0 bridgehead atoms. The highest BCUT2D eigenvalue weighted by Crippen LogP contribution is 2.54. The Morgan fingerprint density at radius 2 is 1.50 bits per heavy atom. The molecular weight excluding hydrogens is 589 g/mol. The normalized spacial score (nSPS) is 13.6. The Morgan fingerprint density at radius 1 is 0.826 bits per heavy atom. The summed E-state index contributed by atoms with van der Waals surface area (Å²) in [5.41, 5.74) is 19.0. The number of hydrogen-bond acceptors (Lipinski definition) is 5. The molecule has 232 valence electrons. The van der Waals surface area contributed by atoms with E-state index in [1.54, 1.807) is 54.7 Å². The van der Waals surface area contributed by atoms with E-state index in [1.165, 1.54) is 0 Å². The summed E-state index contributed by atoms with van der Waals surface area (Å²) >= 11 is 0. The summed E-state index contributed by atoms with van der Waals surface area (Å²) in [6.45, 7) is 0.468. The summed E-state index contributed by atoms with van der Waals surface area (Å²) in [6, 6.07) is 27.1. The maximum atomic E-state index is 15.1.